The van der Waals surface area contributed by atoms with Crippen molar-refractivity contribution in [3.8, 4) is 11.5 Å². The maximum Gasteiger partial charge on any atom is 0.161 e. The molecule has 0 radical (unpaired) electrons. The van der Waals surface area contributed by atoms with Crippen LogP contribution in [0.2, 0.25) is 5.02 Å². The Labute approximate surface area is 231 Å². The summed E-state index contributed by atoms with van der Waals surface area (Å²) < 4.78 is 26.0. The number of benzene rings is 4. The molecule has 2 aliphatic heterocycles. The number of H-pyrrole nitrogens is 1. The summed E-state index contributed by atoms with van der Waals surface area (Å²) in [7, 11) is 1.69. The molecule has 4 aromatic carbocycles. The number of halogens is 2. The van der Waals surface area contributed by atoms with E-state index in [-0.39, 0.29) is 17.9 Å². The van der Waals surface area contributed by atoms with Crippen LogP contribution in [0.25, 0.3) is 10.9 Å². The van der Waals surface area contributed by atoms with Crippen molar-refractivity contribution in [2.24, 2.45) is 0 Å². The first-order chi connectivity index (χ1) is 19.1. The van der Waals surface area contributed by atoms with Gasteiger partial charge in [0, 0.05) is 29.2 Å². The van der Waals surface area contributed by atoms with Crippen LogP contribution in [0.15, 0.2) is 84.9 Å². The molecule has 0 aliphatic carbocycles. The highest BCUT2D eigenvalue weighted by molar-refractivity contribution is 6.35. The van der Waals surface area contributed by atoms with Crippen LogP contribution in [0.4, 0.5) is 4.39 Å². The van der Waals surface area contributed by atoms with E-state index in [0.29, 0.717) is 6.61 Å². The molecule has 0 amide bonds. The first-order valence-electron chi connectivity index (χ1n) is 13.3. The van der Waals surface area contributed by atoms with Crippen molar-refractivity contribution in [3.63, 3.8) is 0 Å². The largest absolute Gasteiger partial charge is 0.493 e. The molecule has 2 unspecified atom stereocenters. The molecule has 0 saturated heterocycles. The molecule has 2 atom stereocenters. The number of ether oxygens (including phenoxy) is 2. The van der Waals surface area contributed by atoms with Crippen LogP contribution in [-0.2, 0) is 19.4 Å². The summed E-state index contributed by atoms with van der Waals surface area (Å²) in [6.07, 6.45) is 1.70. The van der Waals surface area contributed by atoms with Crippen molar-refractivity contribution in [2.45, 2.75) is 31.5 Å². The Bertz CT molecular complexity index is 1670. The number of nitrogens with one attached hydrogen (secondary N) is 1. The Balaban J connectivity index is 1.33. The summed E-state index contributed by atoms with van der Waals surface area (Å²) in [5.74, 6) is 1.26. The molecule has 1 aromatic heterocycles. The minimum Gasteiger partial charge on any atom is -0.493 e. The molecule has 0 fully saturated rings. The third kappa shape index (κ3) is 4.17. The van der Waals surface area contributed by atoms with Gasteiger partial charge in [-0.15, -0.1) is 0 Å². The average Bonchev–Trinajstić information content (AvgIpc) is 3.34. The third-order valence-electron chi connectivity index (χ3n) is 8.16. The van der Waals surface area contributed by atoms with Crippen molar-refractivity contribution in [3.05, 3.63) is 129 Å². The minimum absolute atomic E-state index is 0.0454. The molecule has 0 saturated carbocycles. The van der Waals surface area contributed by atoms with Gasteiger partial charge >= 0.3 is 0 Å². The lowest BCUT2D eigenvalue weighted by atomic mass is 9.80. The summed E-state index contributed by atoms with van der Waals surface area (Å²) in [6.45, 7) is 1.35. The molecule has 5 aromatic rings. The van der Waals surface area contributed by atoms with Gasteiger partial charge in [-0.2, -0.15) is 0 Å². The van der Waals surface area contributed by atoms with E-state index >= 15 is 0 Å². The highest BCUT2D eigenvalue weighted by Gasteiger charge is 2.41. The van der Waals surface area contributed by atoms with Crippen LogP contribution < -0.4 is 9.47 Å². The standard InChI is InChI=1S/C33H28ClFN2O2/c1-38-29-18-24-22(16-30(29)39-19-20-6-3-2-4-7-20)14-15-37-28(24)17-25-31-26(34)8-5-9-27(31)36-32(25)33(37)21-10-12-23(35)13-11-21/h2-13,16,18,28,33,36H,14-15,17,19H2,1H3. The zero-order valence-electron chi connectivity index (χ0n) is 21.6. The van der Waals surface area contributed by atoms with Crippen LogP contribution in [0, 0.1) is 5.82 Å². The van der Waals surface area contributed by atoms with Crippen LogP contribution >= 0.6 is 11.6 Å². The van der Waals surface area contributed by atoms with Crippen molar-refractivity contribution in [1.29, 1.82) is 0 Å². The van der Waals surface area contributed by atoms with Crippen molar-refractivity contribution in [2.75, 3.05) is 13.7 Å². The predicted octanol–water partition coefficient (Wildman–Crippen LogP) is 7.79. The SMILES string of the molecule is COc1cc2c(cc1OCc1ccccc1)CCN1C2Cc2c([nH]c3cccc(Cl)c23)C1c1ccc(F)cc1. The minimum atomic E-state index is -0.234. The van der Waals surface area contributed by atoms with Gasteiger partial charge in [0.05, 0.1) is 18.2 Å². The number of rotatable bonds is 5. The first kappa shape index (κ1) is 24.3. The van der Waals surface area contributed by atoms with Gasteiger partial charge < -0.3 is 14.5 Å². The van der Waals surface area contributed by atoms with Gasteiger partial charge in [-0.1, -0.05) is 60.1 Å². The molecule has 0 spiro atoms. The Kier molecular flexibility index (Phi) is 6.06. The van der Waals surface area contributed by atoms with Crippen molar-refractivity contribution >= 4 is 22.5 Å². The fourth-order valence-electron chi connectivity index (χ4n) is 6.37. The molecule has 6 heteroatoms. The van der Waals surface area contributed by atoms with Crippen LogP contribution in [0.3, 0.4) is 0 Å². The van der Waals surface area contributed by atoms with E-state index in [9.17, 15) is 4.39 Å². The Morgan fingerprint density at radius 1 is 0.974 bits per heavy atom. The zero-order valence-corrected chi connectivity index (χ0v) is 22.3. The smallest absolute Gasteiger partial charge is 0.161 e. The van der Waals surface area contributed by atoms with E-state index in [1.807, 2.05) is 42.5 Å². The maximum absolute atomic E-state index is 13.9. The van der Waals surface area contributed by atoms with Crippen LogP contribution in [0.1, 0.15) is 45.6 Å². The van der Waals surface area contributed by atoms with Gasteiger partial charge in [-0.05, 0) is 77.1 Å². The van der Waals surface area contributed by atoms with E-state index < -0.39 is 0 Å². The molecule has 1 N–H and O–H groups in total. The monoisotopic (exact) mass is 538 g/mol. The molecule has 2 aliphatic rings. The van der Waals surface area contributed by atoms with E-state index in [1.54, 1.807) is 19.2 Å². The summed E-state index contributed by atoms with van der Waals surface area (Å²) in [5, 5.41) is 1.82. The molecular formula is C33H28ClFN2O2. The lowest BCUT2D eigenvalue weighted by molar-refractivity contribution is 0.127. The van der Waals surface area contributed by atoms with Gasteiger partial charge in [0.2, 0.25) is 0 Å². The van der Waals surface area contributed by atoms with E-state index in [4.69, 9.17) is 21.1 Å². The summed E-state index contributed by atoms with van der Waals surface area (Å²) in [4.78, 5) is 6.21. The highest BCUT2D eigenvalue weighted by atomic mass is 35.5. The fraction of sp³-hybridized carbons (Fsp3) is 0.212. The zero-order chi connectivity index (χ0) is 26.5. The first-order valence-corrected chi connectivity index (χ1v) is 13.7. The third-order valence-corrected chi connectivity index (χ3v) is 8.47. The lowest BCUT2D eigenvalue weighted by Crippen LogP contribution is -2.43. The second-order valence-electron chi connectivity index (χ2n) is 10.3. The topological polar surface area (TPSA) is 37.5 Å². The summed E-state index contributed by atoms with van der Waals surface area (Å²) in [6, 6.07) is 27.4. The van der Waals surface area contributed by atoms with Gasteiger partial charge in [0.25, 0.3) is 0 Å². The van der Waals surface area contributed by atoms with Crippen molar-refractivity contribution in [1.82, 2.24) is 9.88 Å². The molecule has 7 rings (SSSR count). The Morgan fingerprint density at radius 2 is 1.79 bits per heavy atom. The van der Waals surface area contributed by atoms with Crippen molar-refractivity contribution < 1.29 is 13.9 Å². The molecule has 4 nitrogen and oxygen atoms in total. The quantitative estimate of drug-likeness (QED) is 0.248. The number of nitrogens with zero attached hydrogens (tertiary/aromatic N) is 1. The average molecular weight is 539 g/mol. The molecule has 0 bridgehead atoms. The second-order valence-corrected chi connectivity index (χ2v) is 10.7. The Hall–Kier alpha value is -3.80. The molecule has 39 heavy (non-hydrogen) atoms. The fourth-order valence-corrected chi connectivity index (χ4v) is 6.66. The van der Waals surface area contributed by atoms with E-state index in [0.717, 1.165) is 63.6 Å². The highest BCUT2D eigenvalue weighted by Crippen LogP contribution is 2.50. The number of aromatic nitrogens is 1. The summed E-state index contributed by atoms with van der Waals surface area (Å²) >= 11 is 6.76. The normalized spacial score (nSPS) is 18.3. The molecular weight excluding hydrogens is 511 g/mol. The van der Waals surface area contributed by atoms with Gasteiger partial charge in [0.15, 0.2) is 11.5 Å². The number of methoxy groups -OCH3 is 1. The predicted molar refractivity (Wildman–Crippen MR) is 152 cm³/mol. The number of hydrogen-bond acceptors (Lipinski definition) is 3. The maximum atomic E-state index is 13.9. The van der Waals surface area contributed by atoms with Gasteiger partial charge in [0.1, 0.15) is 12.4 Å². The van der Waals surface area contributed by atoms with Crippen LogP contribution in [0.5, 0.6) is 11.5 Å². The number of hydrogen-bond donors (Lipinski definition) is 1. The molecule has 196 valence electrons. The van der Waals surface area contributed by atoms with Gasteiger partial charge in [-0.3, -0.25) is 4.90 Å². The van der Waals surface area contributed by atoms with Crippen LogP contribution in [-0.4, -0.2) is 23.5 Å². The number of aromatic amines is 1. The van der Waals surface area contributed by atoms with E-state index in [2.05, 4.69) is 40.2 Å². The lowest BCUT2D eigenvalue weighted by Gasteiger charge is -2.46. The summed E-state index contributed by atoms with van der Waals surface area (Å²) in [5.41, 5.74) is 8.07. The second kappa shape index (κ2) is 9.74. The van der Waals surface area contributed by atoms with Gasteiger partial charge in [-0.25, -0.2) is 4.39 Å². The Morgan fingerprint density at radius 3 is 2.59 bits per heavy atom. The number of fused-ring (bicyclic) bond motifs is 6. The van der Waals surface area contributed by atoms with E-state index in [1.165, 1.54) is 16.7 Å². The molecule has 3 heterocycles.